The van der Waals surface area contributed by atoms with Gasteiger partial charge in [-0.15, -0.1) is 14.6 Å². The van der Waals surface area contributed by atoms with Crippen molar-refractivity contribution in [1.82, 2.24) is 10.2 Å². The zero-order valence-corrected chi connectivity index (χ0v) is 24.0. The number of hydrogen-bond donors (Lipinski definition) is 1. The number of nitrogens with zero attached hydrogens (tertiary/aromatic N) is 3. The minimum atomic E-state index is -5.07. The van der Waals surface area contributed by atoms with Crippen molar-refractivity contribution < 1.29 is 50.3 Å². The number of ether oxygens (including phenoxy) is 4. The monoisotopic (exact) mass is 614 g/mol. The molecule has 3 aromatic rings. The van der Waals surface area contributed by atoms with Crippen LogP contribution < -0.4 is 19.5 Å². The molecule has 0 saturated heterocycles. The van der Waals surface area contributed by atoms with Crippen molar-refractivity contribution in [2.24, 2.45) is 4.36 Å². The van der Waals surface area contributed by atoms with Crippen LogP contribution in [0.3, 0.4) is 0 Å². The Labute approximate surface area is 238 Å². The Hall–Kier alpha value is -4.47. The number of benzene rings is 2. The number of aromatic nitrogens is 2. The van der Waals surface area contributed by atoms with Crippen LogP contribution in [0, 0.1) is 5.82 Å². The van der Waals surface area contributed by atoms with E-state index < -0.39 is 62.2 Å². The van der Waals surface area contributed by atoms with Crippen LogP contribution in [0.2, 0.25) is 0 Å². The van der Waals surface area contributed by atoms with Crippen molar-refractivity contribution in [3.05, 3.63) is 59.5 Å². The Kier molecular flexibility index (Phi) is 9.29. The van der Waals surface area contributed by atoms with E-state index in [1.54, 1.807) is 20.8 Å². The lowest BCUT2D eigenvalue weighted by molar-refractivity contribution is -0.143. The highest BCUT2D eigenvalue weighted by molar-refractivity contribution is 7.93. The van der Waals surface area contributed by atoms with Crippen LogP contribution in [-0.4, -0.2) is 52.5 Å². The van der Waals surface area contributed by atoms with Gasteiger partial charge in [-0.1, -0.05) is 6.07 Å². The van der Waals surface area contributed by atoms with Gasteiger partial charge in [0.25, 0.3) is 11.8 Å². The van der Waals surface area contributed by atoms with E-state index in [0.29, 0.717) is 0 Å². The smallest absolute Gasteiger partial charge is 0.442 e. The fourth-order valence-electron chi connectivity index (χ4n) is 3.37. The number of carbonyl (C=O) groups excluding carboxylic acids is 2. The van der Waals surface area contributed by atoms with Crippen molar-refractivity contribution in [2.75, 3.05) is 25.8 Å². The molecule has 1 N–H and O–H groups in total. The van der Waals surface area contributed by atoms with Crippen molar-refractivity contribution in [2.45, 2.75) is 37.4 Å². The summed E-state index contributed by atoms with van der Waals surface area (Å²) in [7, 11) is -1.29. The van der Waals surface area contributed by atoms with Crippen LogP contribution in [0.5, 0.6) is 23.1 Å². The normalized spacial score (nSPS) is 13.0. The highest BCUT2D eigenvalue weighted by Crippen LogP contribution is 2.41. The van der Waals surface area contributed by atoms with E-state index in [9.17, 15) is 31.4 Å². The fourth-order valence-corrected chi connectivity index (χ4v) is 4.47. The van der Waals surface area contributed by atoms with Crippen LogP contribution in [0.4, 0.5) is 28.0 Å². The molecule has 226 valence electrons. The molecule has 1 heterocycles. The van der Waals surface area contributed by atoms with Gasteiger partial charge in [0, 0.05) is 22.9 Å². The van der Waals surface area contributed by atoms with Crippen molar-refractivity contribution in [1.29, 1.82) is 0 Å². The molecule has 0 aliphatic rings. The molecule has 16 heteroatoms. The van der Waals surface area contributed by atoms with E-state index in [1.807, 2.05) is 0 Å². The van der Waals surface area contributed by atoms with E-state index in [1.165, 1.54) is 37.6 Å². The molecule has 2 aromatic carbocycles. The molecule has 1 aromatic heterocycles. The average molecular weight is 615 g/mol. The van der Waals surface area contributed by atoms with Gasteiger partial charge in [0.2, 0.25) is 5.69 Å². The maximum Gasteiger partial charge on any atom is 0.442 e. The number of halogens is 4. The summed E-state index contributed by atoms with van der Waals surface area (Å²) in [5, 5.41) is 8.93. The maximum atomic E-state index is 13.7. The summed E-state index contributed by atoms with van der Waals surface area (Å²) in [4.78, 5) is 25.6. The third-order valence-electron chi connectivity index (χ3n) is 5.10. The zero-order valence-electron chi connectivity index (χ0n) is 23.2. The van der Waals surface area contributed by atoms with E-state index in [0.717, 1.165) is 25.3 Å². The topological polar surface area (TPSA) is 138 Å². The highest BCUT2D eigenvalue weighted by Gasteiger charge is 2.41. The molecule has 0 spiro atoms. The Morgan fingerprint density at radius 3 is 2.26 bits per heavy atom. The highest BCUT2D eigenvalue weighted by atomic mass is 32.2. The van der Waals surface area contributed by atoms with Crippen molar-refractivity contribution in [3.8, 4) is 23.1 Å². The molecule has 1 atom stereocenters. The molecule has 11 nitrogen and oxygen atoms in total. The van der Waals surface area contributed by atoms with Gasteiger partial charge in [0.15, 0.2) is 17.2 Å². The number of rotatable bonds is 7. The summed E-state index contributed by atoms with van der Waals surface area (Å²) in [5.74, 6) is -3.97. The van der Waals surface area contributed by atoms with Crippen LogP contribution in [0.15, 0.2) is 51.7 Å². The molecule has 42 heavy (non-hydrogen) atoms. The molecule has 0 aliphatic carbocycles. The SMILES string of the molecule is COc1cc(F)ccc1Oc1nnc(C(F)(F)F)c(OC)c1C(=O)Nc1cccc([S@](C)(=O)=NC(=O)OC(C)(C)C)c1. The predicted octanol–water partition coefficient (Wildman–Crippen LogP) is 6.09. The minimum Gasteiger partial charge on any atom is -0.493 e. The lowest BCUT2D eigenvalue weighted by Gasteiger charge is -2.18. The largest absolute Gasteiger partial charge is 0.493 e. The number of alkyl halides is 3. The number of amides is 2. The molecule has 0 unspecified atom stereocenters. The average Bonchev–Trinajstić information content (AvgIpc) is 2.87. The number of nitrogens with one attached hydrogen (secondary N) is 1. The van der Waals surface area contributed by atoms with Crippen LogP contribution in [0.25, 0.3) is 0 Å². The fraction of sp³-hybridized carbons (Fsp3) is 0.308. The van der Waals surface area contributed by atoms with Gasteiger partial charge in [-0.05, 0) is 51.1 Å². The summed E-state index contributed by atoms with van der Waals surface area (Å²) < 4.78 is 92.2. The lowest BCUT2D eigenvalue weighted by atomic mass is 10.2. The minimum absolute atomic E-state index is 0.00878. The van der Waals surface area contributed by atoms with E-state index >= 15 is 0 Å². The first-order valence-corrected chi connectivity index (χ1v) is 13.8. The number of carbonyl (C=O) groups is 2. The molecule has 0 fully saturated rings. The molecule has 0 aliphatic heterocycles. The number of anilines is 1. The van der Waals surface area contributed by atoms with Crippen molar-refractivity contribution in [3.63, 3.8) is 0 Å². The Bertz CT molecular complexity index is 1630. The summed E-state index contributed by atoms with van der Waals surface area (Å²) in [6.07, 6.45) is -4.98. The van der Waals surface area contributed by atoms with Crippen molar-refractivity contribution >= 4 is 27.4 Å². The van der Waals surface area contributed by atoms with Gasteiger partial charge in [-0.25, -0.2) is 13.4 Å². The van der Waals surface area contributed by atoms with Gasteiger partial charge < -0.3 is 24.3 Å². The second-order valence-electron chi connectivity index (χ2n) is 9.51. The molecular formula is C26H26F4N4O7S. The molecule has 2 amide bonds. The summed E-state index contributed by atoms with van der Waals surface area (Å²) in [6.45, 7) is 4.81. The quantitative estimate of drug-likeness (QED) is 0.313. The summed E-state index contributed by atoms with van der Waals surface area (Å²) in [5.41, 5.74) is -3.36. The van der Waals surface area contributed by atoms with Crippen LogP contribution >= 0.6 is 0 Å². The molecule has 0 bridgehead atoms. The Morgan fingerprint density at radius 2 is 1.67 bits per heavy atom. The van der Waals surface area contributed by atoms with Gasteiger partial charge in [-0.2, -0.15) is 13.2 Å². The first kappa shape index (κ1) is 32.0. The first-order chi connectivity index (χ1) is 19.4. The summed E-state index contributed by atoms with van der Waals surface area (Å²) in [6, 6.07) is 8.35. The maximum absolute atomic E-state index is 13.7. The van der Waals surface area contributed by atoms with Gasteiger partial charge >= 0.3 is 12.3 Å². The zero-order chi connectivity index (χ0) is 31.5. The predicted molar refractivity (Wildman–Crippen MR) is 142 cm³/mol. The third-order valence-corrected chi connectivity index (χ3v) is 6.73. The van der Waals surface area contributed by atoms with Crippen LogP contribution in [-0.2, 0) is 20.6 Å². The van der Waals surface area contributed by atoms with E-state index in [-0.39, 0.29) is 22.1 Å². The Balaban J connectivity index is 2.07. The van der Waals surface area contributed by atoms with Gasteiger partial charge in [0.1, 0.15) is 17.0 Å². The molecule has 3 rings (SSSR count). The number of methoxy groups -OCH3 is 2. The summed E-state index contributed by atoms with van der Waals surface area (Å²) >= 11 is 0. The van der Waals surface area contributed by atoms with Gasteiger partial charge in [0.05, 0.1) is 23.9 Å². The third kappa shape index (κ3) is 7.84. The Morgan fingerprint density at radius 1 is 0.976 bits per heavy atom. The lowest BCUT2D eigenvalue weighted by Crippen LogP contribution is -2.22. The second kappa shape index (κ2) is 12.2. The molecule has 0 saturated carbocycles. The van der Waals surface area contributed by atoms with Crippen LogP contribution in [0.1, 0.15) is 36.8 Å². The standard InChI is InChI=1S/C26H26F4N4O7S/c1-25(2,3)41-24(36)34-42(6,37)16-9-7-8-15(13-16)31-22(35)19-20(39-5)21(26(28,29)30)32-33-23(19)40-17-11-10-14(27)12-18(17)38-4/h7-13H,1-6H3,(H,31,35)/t42-/m0/s1. The first-order valence-electron chi connectivity index (χ1n) is 11.8. The van der Waals surface area contributed by atoms with E-state index in [4.69, 9.17) is 18.9 Å². The molecule has 0 radical (unpaired) electrons. The molecular weight excluding hydrogens is 588 g/mol. The van der Waals surface area contributed by atoms with E-state index in [2.05, 4.69) is 19.9 Å². The second-order valence-corrected chi connectivity index (χ2v) is 11.8. The number of hydrogen-bond acceptors (Lipinski definition) is 9. The van der Waals surface area contributed by atoms with Gasteiger partial charge in [-0.3, -0.25) is 4.79 Å².